The van der Waals surface area contributed by atoms with E-state index in [9.17, 15) is 0 Å². The fourth-order valence-electron chi connectivity index (χ4n) is 2.47. The highest BCUT2D eigenvalue weighted by molar-refractivity contribution is 7.80. The molecule has 1 aliphatic heterocycles. The number of anilines is 1. The van der Waals surface area contributed by atoms with Crippen molar-refractivity contribution in [1.29, 1.82) is 0 Å². The van der Waals surface area contributed by atoms with Gasteiger partial charge in [0.15, 0.2) is 0 Å². The van der Waals surface area contributed by atoms with Crippen molar-refractivity contribution >= 4 is 22.9 Å². The lowest BCUT2D eigenvalue weighted by Gasteiger charge is -2.36. The molecule has 19 heavy (non-hydrogen) atoms. The summed E-state index contributed by atoms with van der Waals surface area (Å²) in [7, 11) is 0. The highest BCUT2D eigenvalue weighted by atomic mass is 32.1. The van der Waals surface area contributed by atoms with Crippen LogP contribution in [0.1, 0.15) is 11.1 Å². The van der Waals surface area contributed by atoms with Crippen molar-refractivity contribution in [1.82, 2.24) is 4.90 Å². The van der Waals surface area contributed by atoms with Gasteiger partial charge in [0.05, 0.1) is 6.61 Å². The zero-order valence-electron chi connectivity index (χ0n) is 11.3. The first-order chi connectivity index (χ1) is 9.11. The van der Waals surface area contributed by atoms with Crippen molar-refractivity contribution in [3.8, 4) is 0 Å². The Hall–Kier alpha value is -1.17. The molecule has 0 spiro atoms. The van der Waals surface area contributed by atoms with Crippen LogP contribution in [0.2, 0.25) is 0 Å². The van der Waals surface area contributed by atoms with E-state index in [0.717, 1.165) is 44.0 Å². The molecule has 1 aliphatic rings. The topological polar surface area (TPSA) is 52.7 Å². The van der Waals surface area contributed by atoms with E-state index >= 15 is 0 Å². The average Bonchev–Trinajstić information content (AvgIpc) is 2.39. The number of nitrogens with zero attached hydrogens (tertiary/aromatic N) is 2. The van der Waals surface area contributed by atoms with Crippen LogP contribution < -0.4 is 10.6 Å². The summed E-state index contributed by atoms with van der Waals surface area (Å²) in [5.41, 5.74) is 9.11. The van der Waals surface area contributed by atoms with E-state index in [-0.39, 0.29) is 6.61 Å². The van der Waals surface area contributed by atoms with Gasteiger partial charge in [0, 0.05) is 44.0 Å². The Balaban J connectivity index is 2.14. The van der Waals surface area contributed by atoms with Crippen molar-refractivity contribution < 1.29 is 5.11 Å². The second-order valence-electron chi connectivity index (χ2n) is 4.94. The standard InChI is InChI=1S/C14H21N3OS/c1-11-2-3-12(14(15)19)13(10-11)17-6-4-16(5-7-17)8-9-18/h2-3,10,18H,4-9H2,1H3,(H2,15,19). The fourth-order valence-corrected chi connectivity index (χ4v) is 2.64. The van der Waals surface area contributed by atoms with Gasteiger partial charge in [-0.25, -0.2) is 0 Å². The average molecular weight is 279 g/mol. The van der Waals surface area contributed by atoms with Gasteiger partial charge in [0.1, 0.15) is 4.99 Å². The SMILES string of the molecule is Cc1ccc(C(N)=S)c(N2CCN(CCO)CC2)c1. The van der Waals surface area contributed by atoms with Crippen LogP contribution in [0.4, 0.5) is 5.69 Å². The molecule has 0 bridgehead atoms. The van der Waals surface area contributed by atoms with Crippen LogP contribution in [0.15, 0.2) is 18.2 Å². The molecule has 1 heterocycles. The summed E-state index contributed by atoms with van der Waals surface area (Å²) in [6, 6.07) is 6.20. The molecule has 0 amide bonds. The lowest BCUT2D eigenvalue weighted by atomic mass is 10.1. The van der Waals surface area contributed by atoms with Gasteiger partial charge < -0.3 is 15.7 Å². The molecule has 2 rings (SSSR count). The third kappa shape index (κ3) is 3.43. The number of piperazine rings is 1. The van der Waals surface area contributed by atoms with E-state index in [2.05, 4.69) is 22.8 Å². The first kappa shape index (κ1) is 14.2. The minimum Gasteiger partial charge on any atom is -0.395 e. The van der Waals surface area contributed by atoms with Crippen molar-refractivity contribution in [2.24, 2.45) is 5.73 Å². The molecule has 0 aromatic heterocycles. The second kappa shape index (κ2) is 6.32. The number of nitrogens with two attached hydrogens (primary N) is 1. The van der Waals surface area contributed by atoms with Crippen molar-refractivity contribution in [3.63, 3.8) is 0 Å². The minimum atomic E-state index is 0.225. The van der Waals surface area contributed by atoms with Crippen LogP contribution >= 0.6 is 12.2 Å². The second-order valence-corrected chi connectivity index (χ2v) is 5.38. The smallest absolute Gasteiger partial charge is 0.106 e. The predicted octanol–water partition coefficient (Wildman–Crippen LogP) is 0.744. The van der Waals surface area contributed by atoms with Crippen LogP contribution in [0, 0.1) is 6.92 Å². The third-order valence-corrected chi connectivity index (χ3v) is 3.77. The number of aliphatic hydroxyl groups excluding tert-OH is 1. The zero-order valence-corrected chi connectivity index (χ0v) is 12.1. The van der Waals surface area contributed by atoms with Crippen LogP contribution in [-0.2, 0) is 0 Å². The number of aliphatic hydroxyl groups is 1. The third-order valence-electron chi connectivity index (χ3n) is 3.55. The largest absolute Gasteiger partial charge is 0.395 e. The Bertz CT molecular complexity index is 456. The lowest BCUT2D eigenvalue weighted by molar-refractivity contribution is 0.189. The van der Waals surface area contributed by atoms with E-state index in [0.29, 0.717) is 4.99 Å². The van der Waals surface area contributed by atoms with E-state index < -0.39 is 0 Å². The minimum absolute atomic E-state index is 0.225. The molecule has 0 saturated carbocycles. The van der Waals surface area contributed by atoms with Gasteiger partial charge in [-0.1, -0.05) is 18.3 Å². The molecule has 0 atom stereocenters. The predicted molar refractivity (Wildman–Crippen MR) is 82.8 cm³/mol. The highest BCUT2D eigenvalue weighted by Gasteiger charge is 2.19. The highest BCUT2D eigenvalue weighted by Crippen LogP contribution is 2.23. The number of hydrogen-bond donors (Lipinski definition) is 2. The monoisotopic (exact) mass is 279 g/mol. The van der Waals surface area contributed by atoms with Crippen molar-refractivity contribution in [2.45, 2.75) is 6.92 Å². The van der Waals surface area contributed by atoms with Gasteiger partial charge in [0.2, 0.25) is 0 Å². The summed E-state index contributed by atoms with van der Waals surface area (Å²) in [4.78, 5) is 5.05. The van der Waals surface area contributed by atoms with Gasteiger partial charge in [-0.3, -0.25) is 4.90 Å². The Morgan fingerprint density at radius 2 is 2.00 bits per heavy atom. The first-order valence-corrected chi connectivity index (χ1v) is 7.01. The van der Waals surface area contributed by atoms with Crippen LogP contribution in [0.3, 0.4) is 0 Å². The number of hydrogen-bond acceptors (Lipinski definition) is 4. The van der Waals surface area contributed by atoms with Crippen molar-refractivity contribution in [3.05, 3.63) is 29.3 Å². The number of benzene rings is 1. The fraction of sp³-hybridized carbons (Fsp3) is 0.500. The number of β-amino-alcohol motifs (C(OH)–C–C–N with tert-alkyl or cyclic N) is 1. The quantitative estimate of drug-likeness (QED) is 0.796. The number of aryl methyl sites for hydroxylation is 1. The Kier molecular flexibility index (Phi) is 4.74. The maximum atomic E-state index is 8.97. The molecular formula is C14H21N3OS. The van der Waals surface area contributed by atoms with Gasteiger partial charge in [-0.15, -0.1) is 0 Å². The zero-order chi connectivity index (χ0) is 13.8. The van der Waals surface area contributed by atoms with Crippen LogP contribution in [0.25, 0.3) is 0 Å². The summed E-state index contributed by atoms with van der Waals surface area (Å²) in [5.74, 6) is 0. The molecule has 3 N–H and O–H groups in total. The van der Waals surface area contributed by atoms with E-state index in [1.807, 2.05) is 12.1 Å². The summed E-state index contributed by atoms with van der Waals surface area (Å²) >= 11 is 5.13. The van der Waals surface area contributed by atoms with Gasteiger partial charge >= 0.3 is 0 Å². The number of rotatable bonds is 4. The maximum absolute atomic E-state index is 8.97. The van der Waals surface area contributed by atoms with E-state index in [4.69, 9.17) is 23.1 Å². The van der Waals surface area contributed by atoms with E-state index in [1.54, 1.807) is 0 Å². The van der Waals surface area contributed by atoms with E-state index in [1.165, 1.54) is 5.56 Å². The molecule has 5 heteroatoms. The lowest BCUT2D eigenvalue weighted by Crippen LogP contribution is -2.47. The molecule has 1 aromatic carbocycles. The number of thiocarbonyl (C=S) groups is 1. The Morgan fingerprint density at radius 1 is 1.32 bits per heavy atom. The molecule has 4 nitrogen and oxygen atoms in total. The Morgan fingerprint density at radius 3 is 2.58 bits per heavy atom. The molecule has 104 valence electrons. The molecule has 0 radical (unpaired) electrons. The van der Waals surface area contributed by atoms with Crippen molar-refractivity contribution in [2.75, 3.05) is 44.2 Å². The first-order valence-electron chi connectivity index (χ1n) is 6.60. The summed E-state index contributed by atoms with van der Waals surface area (Å²) in [6.07, 6.45) is 0. The van der Waals surface area contributed by atoms with Gasteiger partial charge in [-0.2, -0.15) is 0 Å². The van der Waals surface area contributed by atoms with Gasteiger partial charge in [0.25, 0.3) is 0 Å². The van der Waals surface area contributed by atoms with Crippen LogP contribution in [-0.4, -0.2) is 54.3 Å². The molecule has 0 aliphatic carbocycles. The van der Waals surface area contributed by atoms with Crippen LogP contribution in [0.5, 0.6) is 0 Å². The maximum Gasteiger partial charge on any atom is 0.106 e. The molecule has 1 saturated heterocycles. The van der Waals surface area contributed by atoms with Gasteiger partial charge in [-0.05, 0) is 24.6 Å². The molecule has 1 aromatic rings. The molecule has 1 fully saturated rings. The summed E-state index contributed by atoms with van der Waals surface area (Å²) in [5, 5.41) is 8.97. The molecule has 0 unspecified atom stereocenters. The summed E-state index contributed by atoms with van der Waals surface area (Å²) < 4.78 is 0. The summed E-state index contributed by atoms with van der Waals surface area (Å²) in [6.45, 7) is 6.87. The normalized spacial score (nSPS) is 16.6. The molecular weight excluding hydrogens is 258 g/mol. The Labute approximate surface area is 119 Å².